The van der Waals surface area contributed by atoms with Gasteiger partial charge < -0.3 is 10.1 Å². The lowest BCUT2D eigenvalue weighted by Crippen LogP contribution is -2.22. The molecule has 2 aliphatic rings. The highest BCUT2D eigenvalue weighted by molar-refractivity contribution is 5.30. The van der Waals surface area contributed by atoms with E-state index in [0.717, 1.165) is 25.0 Å². The molecular weight excluding hydrogens is 222 g/mol. The van der Waals surface area contributed by atoms with E-state index in [1.165, 1.54) is 36.8 Å². The molecule has 1 aliphatic heterocycles. The van der Waals surface area contributed by atoms with Crippen LogP contribution in [0.15, 0.2) is 24.3 Å². The third-order valence-corrected chi connectivity index (χ3v) is 4.59. The Kier molecular flexibility index (Phi) is 3.67. The molecule has 0 spiro atoms. The maximum atomic E-state index is 6.01. The van der Waals surface area contributed by atoms with E-state index in [4.69, 9.17) is 4.74 Å². The van der Waals surface area contributed by atoms with Gasteiger partial charge in [-0.15, -0.1) is 0 Å². The van der Waals surface area contributed by atoms with Crippen molar-refractivity contribution < 1.29 is 4.74 Å². The smallest absolute Gasteiger partial charge is 0.0830 e. The lowest BCUT2D eigenvalue weighted by atomic mass is 9.90. The van der Waals surface area contributed by atoms with Crippen molar-refractivity contribution in [3.8, 4) is 0 Å². The maximum Gasteiger partial charge on any atom is 0.0830 e. The van der Waals surface area contributed by atoms with E-state index in [1.54, 1.807) is 0 Å². The molecule has 1 aromatic carbocycles. The fraction of sp³-hybridized carbons (Fsp3) is 0.625. The molecule has 3 rings (SSSR count). The van der Waals surface area contributed by atoms with Gasteiger partial charge in [0.05, 0.1) is 12.7 Å². The van der Waals surface area contributed by atoms with E-state index in [1.807, 2.05) is 0 Å². The first kappa shape index (κ1) is 12.2. The number of nitrogens with one attached hydrogen (secondary N) is 1. The van der Waals surface area contributed by atoms with Crippen LogP contribution in [-0.2, 0) is 11.2 Å². The van der Waals surface area contributed by atoms with Gasteiger partial charge in [0, 0.05) is 6.04 Å². The summed E-state index contributed by atoms with van der Waals surface area (Å²) in [4.78, 5) is 0. The Balaban J connectivity index is 1.67. The summed E-state index contributed by atoms with van der Waals surface area (Å²) in [7, 11) is 2.08. The van der Waals surface area contributed by atoms with Crippen molar-refractivity contribution in [2.75, 3.05) is 13.7 Å². The van der Waals surface area contributed by atoms with Gasteiger partial charge in [0.2, 0.25) is 0 Å². The van der Waals surface area contributed by atoms with E-state index in [2.05, 4.69) is 36.6 Å². The second-order valence-corrected chi connectivity index (χ2v) is 5.71. The standard InChI is InChI=1S/C16H23NO/c1-17-14-7-6-12(10-14)11-16-15-5-3-2-4-13(15)8-9-18-16/h2-5,12,14,16-17H,6-11H2,1H3. The third-order valence-electron chi connectivity index (χ3n) is 4.59. The SMILES string of the molecule is CNC1CCC(CC2OCCc3ccccc32)C1. The van der Waals surface area contributed by atoms with E-state index >= 15 is 0 Å². The normalized spacial score (nSPS) is 31.3. The summed E-state index contributed by atoms with van der Waals surface area (Å²) in [5, 5.41) is 3.41. The minimum absolute atomic E-state index is 0.343. The number of benzene rings is 1. The van der Waals surface area contributed by atoms with Gasteiger partial charge in [0.1, 0.15) is 0 Å². The molecule has 1 fully saturated rings. The Morgan fingerprint density at radius 2 is 2.17 bits per heavy atom. The average molecular weight is 245 g/mol. The van der Waals surface area contributed by atoms with Crippen LogP contribution in [0.5, 0.6) is 0 Å². The molecule has 98 valence electrons. The monoisotopic (exact) mass is 245 g/mol. The predicted molar refractivity (Wildman–Crippen MR) is 73.6 cm³/mol. The molecule has 18 heavy (non-hydrogen) atoms. The molecule has 1 N–H and O–H groups in total. The summed E-state index contributed by atoms with van der Waals surface area (Å²) < 4.78 is 6.01. The molecule has 3 unspecified atom stereocenters. The first-order valence-corrected chi connectivity index (χ1v) is 7.23. The van der Waals surface area contributed by atoms with Crippen molar-refractivity contribution >= 4 is 0 Å². The summed E-state index contributed by atoms with van der Waals surface area (Å²) in [6.07, 6.45) is 6.63. The van der Waals surface area contributed by atoms with Crippen molar-refractivity contribution in [1.82, 2.24) is 5.32 Å². The molecule has 0 saturated heterocycles. The molecule has 0 radical (unpaired) electrons. The first-order chi connectivity index (χ1) is 8.86. The Morgan fingerprint density at radius 1 is 1.28 bits per heavy atom. The summed E-state index contributed by atoms with van der Waals surface area (Å²) in [5.41, 5.74) is 2.94. The lowest BCUT2D eigenvalue weighted by molar-refractivity contribution is 0.0256. The Hall–Kier alpha value is -0.860. The average Bonchev–Trinajstić information content (AvgIpc) is 2.87. The van der Waals surface area contributed by atoms with Gasteiger partial charge in [0.25, 0.3) is 0 Å². The number of ether oxygens (including phenoxy) is 1. The quantitative estimate of drug-likeness (QED) is 0.883. The summed E-state index contributed by atoms with van der Waals surface area (Å²) in [5.74, 6) is 0.832. The van der Waals surface area contributed by atoms with Crippen LogP contribution >= 0.6 is 0 Å². The van der Waals surface area contributed by atoms with Crippen LogP contribution in [0.2, 0.25) is 0 Å². The molecule has 1 aliphatic carbocycles. The van der Waals surface area contributed by atoms with E-state index < -0.39 is 0 Å². The van der Waals surface area contributed by atoms with Gasteiger partial charge in [-0.25, -0.2) is 0 Å². The topological polar surface area (TPSA) is 21.3 Å². The molecule has 2 heteroatoms. The second-order valence-electron chi connectivity index (χ2n) is 5.71. The van der Waals surface area contributed by atoms with Gasteiger partial charge in [-0.1, -0.05) is 24.3 Å². The van der Waals surface area contributed by atoms with Crippen molar-refractivity contribution in [3.63, 3.8) is 0 Å². The number of rotatable bonds is 3. The van der Waals surface area contributed by atoms with Gasteiger partial charge in [0.15, 0.2) is 0 Å². The van der Waals surface area contributed by atoms with Crippen LogP contribution < -0.4 is 5.32 Å². The van der Waals surface area contributed by atoms with E-state index in [0.29, 0.717) is 6.10 Å². The van der Waals surface area contributed by atoms with Gasteiger partial charge in [-0.2, -0.15) is 0 Å². The van der Waals surface area contributed by atoms with Crippen molar-refractivity contribution in [2.45, 2.75) is 44.2 Å². The van der Waals surface area contributed by atoms with Crippen molar-refractivity contribution in [1.29, 1.82) is 0 Å². The zero-order chi connectivity index (χ0) is 12.4. The Labute approximate surface area is 110 Å². The highest BCUT2D eigenvalue weighted by Crippen LogP contribution is 2.37. The van der Waals surface area contributed by atoms with Crippen molar-refractivity contribution in [2.24, 2.45) is 5.92 Å². The van der Waals surface area contributed by atoms with Crippen LogP contribution in [-0.4, -0.2) is 19.7 Å². The molecule has 0 amide bonds. The number of fused-ring (bicyclic) bond motifs is 1. The largest absolute Gasteiger partial charge is 0.373 e. The van der Waals surface area contributed by atoms with Crippen molar-refractivity contribution in [3.05, 3.63) is 35.4 Å². The highest BCUT2D eigenvalue weighted by atomic mass is 16.5. The minimum atomic E-state index is 0.343. The van der Waals surface area contributed by atoms with Crippen LogP contribution in [0.1, 0.15) is 42.9 Å². The molecule has 0 aromatic heterocycles. The van der Waals surface area contributed by atoms with Gasteiger partial charge >= 0.3 is 0 Å². The second kappa shape index (κ2) is 5.41. The van der Waals surface area contributed by atoms with Gasteiger partial charge in [-0.3, -0.25) is 0 Å². The zero-order valence-electron chi connectivity index (χ0n) is 11.2. The molecule has 0 bridgehead atoms. The minimum Gasteiger partial charge on any atom is -0.373 e. The molecule has 1 heterocycles. The molecular formula is C16H23NO. The van der Waals surface area contributed by atoms with Gasteiger partial charge in [-0.05, 0) is 56.2 Å². The van der Waals surface area contributed by atoms with E-state index in [-0.39, 0.29) is 0 Å². The third kappa shape index (κ3) is 2.45. The van der Waals surface area contributed by atoms with Crippen LogP contribution in [0.3, 0.4) is 0 Å². The van der Waals surface area contributed by atoms with Crippen LogP contribution in [0.4, 0.5) is 0 Å². The number of hydrogen-bond acceptors (Lipinski definition) is 2. The Morgan fingerprint density at radius 3 is 3.00 bits per heavy atom. The maximum absolute atomic E-state index is 6.01. The fourth-order valence-electron chi connectivity index (χ4n) is 3.53. The summed E-state index contributed by atoms with van der Waals surface area (Å²) in [6.45, 7) is 0.893. The predicted octanol–water partition coefficient (Wildman–Crippen LogP) is 3.08. The highest BCUT2D eigenvalue weighted by Gasteiger charge is 2.29. The van der Waals surface area contributed by atoms with Crippen LogP contribution in [0, 0.1) is 5.92 Å². The first-order valence-electron chi connectivity index (χ1n) is 7.23. The molecule has 2 nitrogen and oxygen atoms in total. The summed E-state index contributed by atoms with van der Waals surface area (Å²) in [6, 6.07) is 9.53. The lowest BCUT2D eigenvalue weighted by Gasteiger charge is -2.28. The van der Waals surface area contributed by atoms with Crippen LogP contribution in [0.25, 0.3) is 0 Å². The van der Waals surface area contributed by atoms with E-state index in [9.17, 15) is 0 Å². The zero-order valence-corrected chi connectivity index (χ0v) is 11.2. The summed E-state index contributed by atoms with van der Waals surface area (Å²) >= 11 is 0. The Bertz CT molecular complexity index is 404. The fourth-order valence-corrected chi connectivity index (χ4v) is 3.53. The number of hydrogen-bond donors (Lipinski definition) is 1. The molecule has 1 aromatic rings. The molecule has 1 saturated carbocycles. The molecule has 3 atom stereocenters.